The van der Waals surface area contributed by atoms with Gasteiger partial charge in [0.2, 0.25) is 0 Å². The molecule has 0 aliphatic heterocycles. The van der Waals surface area contributed by atoms with Crippen LogP contribution in [0.25, 0.3) is 0 Å². The molecule has 0 aliphatic rings. The van der Waals surface area contributed by atoms with E-state index in [1.54, 1.807) is 41.0 Å². The monoisotopic (exact) mass is 707 g/mol. The van der Waals surface area contributed by atoms with Crippen LogP contribution in [0.15, 0.2) is 18.2 Å². The number of anilines is 1. The van der Waals surface area contributed by atoms with E-state index in [0.29, 0.717) is 36.7 Å². The van der Waals surface area contributed by atoms with Crippen LogP contribution < -0.4 is 10.1 Å². The Morgan fingerprint density at radius 3 is 2.44 bits per heavy atom. The van der Waals surface area contributed by atoms with Crippen molar-refractivity contribution in [3.05, 3.63) is 40.2 Å². The van der Waals surface area contributed by atoms with Crippen molar-refractivity contribution in [3.63, 3.8) is 0 Å². The lowest BCUT2D eigenvalue weighted by Gasteiger charge is -2.37. The van der Waals surface area contributed by atoms with Crippen molar-refractivity contribution in [2.45, 2.75) is 97.1 Å². The number of aryl methyl sites for hydroxylation is 1. The van der Waals surface area contributed by atoms with Gasteiger partial charge < -0.3 is 33.6 Å². The quantitative estimate of drug-likeness (QED) is 0.0820. The summed E-state index contributed by atoms with van der Waals surface area (Å²) >= 11 is 1.40. The molecule has 1 amide bonds. The van der Waals surface area contributed by atoms with Crippen LogP contribution in [-0.2, 0) is 25.1 Å². The van der Waals surface area contributed by atoms with Crippen molar-refractivity contribution >= 4 is 36.8 Å². The zero-order valence-electron chi connectivity index (χ0n) is 30.5. The van der Waals surface area contributed by atoms with Crippen LogP contribution in [0.3, 0.4) is 0 Å². The number of carbonyl (C=O) groups is 2. The third kappa shape index (κ3) is 13.7. The first kappa shape index (κ1) is 41.0. The lowest BCUT2D eigenvalue weighted by Crippen LogP contribution is -2.42. The second kappa shape index (κ2) is 18.5. The molecule has 1 aromatic carbocycles. The Bertz CT molecular complexity index is 1410. The van der Waals surface area contributed by atoms with Crippen molar-refractivity contribution in [1.29, 1.82) is 0 Å². The number of amides is 1. The van der Waals surface area contributed by atoms with Crippen LogP contribution >= 0.6 is 11.3 Å². The summed E-state index contributed by atoms with van der Waals surface area (Å²) < 4.78 is 42.6. The lowest BCUT2D eigenvalue weighted by molar-refractivity contribution is 0.0320. The molecule has 1 atom stereocenters. The van der Waals surface area contributed by atoms with Crippen molar-refractivity contribution in [3.8, 4) is 17.6 Å². The van der Waals surface area contributed by atoms with E-state index in [1.165, 1.54) is 35.5 Å². The van der Waals surface area contributed by atoms with Gasteiger partial charge in [-0.2, -0.15) is 0 Å². The van der Waals surface area contributed by atoms with Gasteiger partial charge in [-0.1, -0.05) is 32.6 Å². The molecule has 1 aromatic heterocycles. The van der Waals surface area contributed by atoms with Crippen LogP contribution in [0, 0.1) is 17.7 Å². The summed E-state index contributed by atoms with van der Waals surface area (Å²) in [7, 11) is 2.78. The third-order valence-corrected chi connectivity index (χ3v) is 13.4. The van der Waals surface area contributed by atoms with Gasteiger partial charge in [0.25, 0.3) is 0 Å². The molecule has 0 spiro atoms. The number of benzene rings is 1. The average Bonchev–Trinajstić information content (AvgIpc) is 3.40. The van der Waals surface area contributed by atoms with E-state index >= 15 is 0 Å². The van der Waals surface area contributed by atoms with Gasteiger partial charge in [0, 0.05) is 31.1 Å². The summed E-state index contributed by atoms with van der Waals surface area (Å²) in [5, 5.41) is 4.10. The molecule has 0 radical (unpaired) electrons. The molecule has 0 saturated carbocycles. The van der Waals surface area contributed by atoms with Crippen molar-refractivity contribution in [1.82, 2.24) is 9.88 Å². The maximum Gasteiger partial charge on any atom is 0.410 e. The number of rotatable bonds is 16. The fourth-order valence-electron chi connectivity index (χ4n) is 3.94. The van der Waals surface area contributed by atoms with Gasteiger partial charge in [0.05, 0.1) is 33.0 Å². The van der Waals surface area contributed by atoms with Crippen LogP contribution in [0.2, 0.25) is 18.1 Å². The van der Waals surface area contributed by atoms with Crippen molar-refractivity contribution in [2.24, 2.45) is 0 Å². The Labute approximate surface area is 291 Å². The van der Waals surface area contributed by atoms with Crippen LogP contribution in [0.1, 0.15) is 81.7 Å². The summed E-state index contributed by atoms with van der Waals surface area (Å²) in [6.07, 6.45) is 2.24. The molecule has 0 aliphatic carbocycles. The minimum Gasteiger partial charge on any atom is -0.491 e. The molecule has 10 nitrogen and oxygen atoms in total. The highest BCUT2D eigenvalue weighted by atomic mass is 32.1. The first-order valence-electron chi connectivity index (χ1n) is 16.2. The van der Waals surface area contributed by atoms with Gasteiger partial charge in [0.1, 0.15) is 5.60 Å². The van der Waals surface area contributed by atoms with E-state index in [0.717, 1.165) is 17.7 Å². The van der Waals surface area contributed by atoms with Crippen molar-refractivity contribution in [2.75, 3.05) is 52.9 Å². The highest BCUT2D eigenvalue weighted by molar-refractivity contribution is 7.15. The predicted molar refractivity (Wildman–Crippen MR) is 191 cm³/mol. The number of aromatic nitrogens is 1. The number of hydrogen-bond acceptors (Lipinski definition) is 10. The summed E-state index contributed by atoms with van der Waals surface area (Å²) in [5.41, 5.74) is 0.134. The summed E-state index contributed by atoms with van der Waals surface area (Å²) in [6.45, 7) is 18.1. The molecule has 1 N–H and O–H groups in total. The molecule has 2 rings (SSSR count). The van der Waals surface area contributed by atoms with Gasteiger partial charge in [-0.25, -0.2) is 19.0 Å². The number of nitrogens with zero attached hydrogens (tertiary/aromatic N) is 2. The number of halogens is 1. The predicted octanol–water partition coefficient (Wildman–Crippen LogP) is 7.53. The molecule has 1 unspecified atom stereocenters. The van der Waals surface area contributed by atoms with Crippen LogP contribution in [0.5, 0.6) is 5.75 Å². The third-order valence-electron chi connectivity index (χ3n) is 7.82. The zero-order chi connectivity index (χ0) is 36.1. The summed E-state index contributed by atoms with van der Waals surface area (Å²) in [4.78, 5) is 31.1. The highest BCUT2D eigenvalue weighted by Gasteiger charge is 2.37. The SMILES string of the molecule is COC(=O)c1nc(NCCCC(CO[Si](C)(C)C(C)(C)C)OC)sc1CCCOc1ccc(C#CCN(C)C(=O)OC(C)(C)C)cc1F. The van der Waals surface area contributed by atoms with E-state index in [4.69, 9.17) is 23.4 Å². The molecule has 0 bridgehead atoms. The molecular weight excluding hydrogens is 654 g/mol. The largest absolute Gasteiger partial charge is 0.491 e. The number of hydrogen-bond donors (Lipinski definition) is 1. The van der Waals surface area contributed by atoms with Gasteiger partial charge in [-0.05, 0) is 82.8 Å². The molecular formula is C35H54FN3O7SSi. The number of ether oxygens (including phenoxy) is 4. The molecule has 13 heteroatoms. The molecule has 1 heterocycles. The number of methoxy groups -OCH3 is 2. The standard InChI is InChI=1S/C35H54FN3O7SSi/c1-34(2,3)46-33(41)39(7)21-13-15-25-18-19-28(27(36)23-25)44-22-14-17-29-30(31(40)43-9)38-32(47-29)37-20-12-16-26(42-8)24-45-48(10,11)35(4,5)6/h18-19,23,26H,12,14,16-17,20-22,24H2,1-11H3,(H,37,38). The number of esters is 1. The molecule has 0 saturated heterocycles. The number of thiazole rings is 1. The Hall–Kier alpha value is -3.18. The van der Waals surface area contributed by atoms with E-state index in [1.807, 2.05) is 0 Å². The topological polar surface area (TPSA) is 108 Å². The van der Waals surface area contributed by atoms with E-state index < -0.39 is 31.8 Å². The lowest BCUT2D eigenvalue weighted by atomic mass is 10.2. The number of nitrogens with one attached hydrogen (secondary N) is 1. The minimum absolute atomic E-state index is 0.00483. The Kier molecular flexibility index (Phi) is 15.8. The molecule has 0 fully saturated rings. The van der Waals surface area contributed by atoms with Crippen LogP contribution in [-0.4, -0.2) is 89.5 Å². The fourth-order valence-corrected chi connectivity index (χ4v) is 5.99. The molecule has 268 valence electrons. The van der Waals surface area contributed by atoms with Gasteiger partial charge in [0.15, 0.2) is 30.7 Å². The Morgan fingerprint density at radius 1 is 1.12 bits per heavy atom. The smallest absolute Gasteiger partial charge is 0.410 e. The van der Waals surface area contributed by atoms with E-state index in [2.05, 4.69) is 56.0 Å². The maximum atomic E-state index is 14.7. The highest BCUT2D eigenvalue weighted by Crippen LogP contribution is 2.36. The van der Waals surface area contributed by atoms with E-state index in [9.17, 15) is 14.0 Å². The first-order chi connectivity index (χ1) is 22.4. The van der Waals surface area contributed by atoms with Crippen LogP contribution in [0.4, 0.5) is 14.3 Å². The zero-order valence-corrected chi connectivity index (χ0v) is 32.3. The second-order valence-corrected chi connectivity index (χ2v) is 19.9. The van der Waals surface area contributed by atoms with Gasteiger partial charge in [-0.15, -0.1) is 11.3 Å². The number of carbonyl (C=O) groups excluding carboxylic acids is 2. The van der Waals surface area contributed by atoms with Gasteiger partial charge in [-0.3, -0.25) is 0 Å². The fraction of sp³-hybridized carbons (Fsp3) is 0.629. The average molecular weight is 708 g/mol. The maximum absolute atomic E-state index is 14.7. The second-order valence-electron chi connectivity index (χ2n) is 14.0. The summed E-state index contributed by atoms with van der Waals surface area (Å²) in [5.74, 6) is 4.78. The molecule has 48 heavy (non-hydrogen) atoms. The Balaban J connectivity index is 1.86. The van der Waals surface area contributed by atoms with Gasteiger partial charge >= 0.3 is 12.1 Å². The molecule has 2 aromatic rings. The minimum atomic E-state index is -1.85. The normalized spacial score (nSPS) is 12.5. The Morgan fingerprint density at radius 2 is 1.83 bits per heavy atom. The van der Waals surface area contributed by atoms with Crippen molar-refractivity contribution < 1.29 is 37.4 Å². The van der Waals surface area contributed by atoms with E-state index in [-0.39, 0.29) is 35.7 Å². The first-order valence-corrected chi connectivity index (χ1v) is 19.9. The summed E-state index contributed by atoms with van der Waals surface area (Å²) in [6, 6.07) is 4.48.